The molecule has 0 fully saturated rings. The molecule has 0 amide bonds. The van der Waals surface area contributed by atoms with Crippen LogP contribution >= 0.6 is 0 Å². The molecule has 0 unspecified atom stereocenters. The standard InChI is InChI=1S/C15H8FN3O/c16-13-5-12(8-18-9-13)14-6-15(20-19-14)11-3-1-10(7-17)2-4-11/h1-6,8-9H. The summed E-state index contributed by atoms with van der Waals surface area (Å²) in [6, 6.07) is 12.0. The normalized spacial score (nSPS) is 10.2. The van der Waals surface area contributed by atoms with E-state index in [4.69, 9.17) is 9.78 Å². The van der Waals surface area contributed by atoms with Gasteiger partial charge in [-0.15, -0.1) is 0 Å². The molecule has 4 nitrogen and oxygen atoms in total. The molecule has 1 aromatic carbocycles. The van der Waals surface area contributed by atoms with E-state index >= 15 is 0 Å². The van der Waals surface area contributed by atoms with Crippen LogP contribution < -0.4 is 0 Å². The van der Waals surface area contributed by atoms with Gasteiger partial charge in [0.1, 0.15) is 11.5 Å². The Hall–Kier alpha value is -3.00. The van der Waals surface area contributed by atoms with Crippen molar-refractivity contribution in [2.45, 2.75) is 0 Å². The van der Waals surface area contributed by atoms with Crippen LogP contribution in [0.5, 0.6) is 0 Å². The highest BCUT2D eigenvalue weighted by atomic mass is 19.1. The first-order valence-electron chi connectivity index (χ1n) is 5.84. The average Bonchev–Trinajstić information content (AvgIpc) is 2.97. The van der Waals surface area contributed by atoms with Crippen molar-refractivity contribution in [2.75, 3.05) is 0 Å². The summed E-state index contributed by atoms with van der Waals surface area (Å²) in [7, 11) is 0. The maximum atomic E-state index is 13.1. The molecule has 0 aliphatic rings. The molecular weight excluding hydrogens is 257 g/mol. The van der Waals surface area contributed by atoms with Crippen molar-refractivity contribution in [3.05, 3.63) is 60.2 Å². The Morgan fingerprint density at radius 2 is 1.85 bits per heavy atom. The molecule has 0 atom stereocenters. The summed E-state index contributed by atoms with van der Waals surface area (Å²) in [4.78, 5) is 3.77. The topological polar surface area (TPSA) is 62.7 Å². The molecule has 2 aromatic heterocycles. The fraction of sp³-hybridized carbons (Fsp3) is 0. The first-order chi connectivity index (χ1) is 9.76. The van der Waals surface area contributed by atoms with Gasteiger partial charge in [0.15, 0.2) is 5.76 Å². The molecule has 0 aliphatic carbocycles. The van der Waals surface area contributed by atoms with E-state index in [1.54, 1.807) is 30.3 Å². The van der Waals surface area contributed by atoms with Crippen LogP contribution in [0.3, 0.4) is 0 Å². The van der Waals surface area contributed by atoms with Gasteiger partial charge in [-0.2, -0.15) is 5.26 Å². The SMILES string of the molecule is N#Cc1ccc(-c2cc(-c3cncc(F)c3)no2)cc1. The largest absolute Gasteiger partial charge is 0.356 e. The number of pyridine rings is 1. The zero-order valence-corrected chi connectivity index (χ0v) is 10.2. The van der Waals surface area contributed by atoms with Crippen LogP contribution in [0.1, 0.15) is 5.56 Å². The molecule has 3 rings (SSSR count). The van der Waals surface area contributed by atoms with Gasteiger partial charge in [0.05, 0.1) is 17.8 Å². The predicted octanol–water partition coefficient (Wildman–Crippen LogP) is 3.41. The highest BCUT2D eigenvalue weighted by Gasteiger charge is 2.09. The van der Waals surface area contributed by atoms with Gasteiger partial charge >= 0.3 is 0 Å². The van der Waals surface area contributed by atoms with Gasteiger partial charge in [0.25, 0.3) is 0 Å². The molecule has 0 bridgehead atoms. The molecule has 0 saturated heterocycles. The fourth-order valence-corrected chi connectivity index (χ4v) is 1.81. The Morgan fingerprint density at radius 1 is 1.05 bits per heavy atom. The van der Waals surface area contributed by atoms with Crippen molar-refractivity contribution in [1.82, 2.24) is 10.1 Å². The summed E-state index contributed by atoms with van der Waals surface area (Å²) < 4.78 is 18.3. The Morgan fingerprint density at radius 3 is 2.55 bits per heavy atom. The van der Waals surface area contributed by atoms with Gasteiger partial charge < -0.3 is 4.52 Å². The lowest BCUT2D eigenvalue weighted by Crippen LogP contribution is -1.82. The Labute approximate surface area is 114 Å². The maximum Gasteiger partial charge on any atom is 0.167 e. The lowest BCUT2D eigenvalue weighted by atomic mass is 10.1. The van der Waals surface area contributed by atoms with Crippen LogP contribution in [0.15, 0.2) is 53.3 Å². The van der Waals surface area contributed by atoms with Crippen molar-refractivity contribution < 1.29 is 8.91 Å². The van der Waals surface area contributed by atoms with Crippen LogP contribution in [0.4, 0.5) is 4.39 Å². The summed E-state index contributed by atoms with van der Waals surface area (Å²) in [6.45, 7) is 0. The summed E-state index contributed by atoms with van der Waals surface area (Å²) in [5, 5.41) is 12.6. The third-order valence-electron chi connectivity index (χ3n) is 2.81. The Balaban J connectivity index is 1.95. The quantitative estimate of drug-likeness (QED) is 0.712. The van der Waals surface area contributed by atoms with Gasteiger partial charge in [-0.1, -0.05) is 5.16 Å². The third-order valence-corrected chi connectivity index (χ3v) is 2.81. The van der Waals surface area contributed by atoms with E-state index < -0.39 is 5.82 Å². The summed E-state index contributed by atoms with van der Waals surface area (Å²) >= 11 is 0. The van der Waals surface area contributed by atoms with Gasteiger partial charge in [0.2, 0.25) is 0 Å². The second-order valence-electron chi connectivity index (χ2n) is 4.16. The van der Waals surface area contributed by atoms with Gasteiger partial charge in [0, 0.05) is 23.4 Å². The third kappa shape index (κ3) is 2.27. The van der Waals surface area contributed by atoms with Gasteiger partial charge in [-0.3, -0.25) is 4.98 Å². The molecule has 0 N–H and O–H groups in total. The fourth-order valence-electron chi connectivity index (χ4n) is 1.81. The van der Waals surface area contributed by atoms with Crippen LogP contribution in [-0.2, 0) is 0 Å². The van der Waals surface area contributed by atoms with Crippen molar-refractivity contribution in [3.8, 4) is 28.7 Å². The average molecular weight is 265 g/mol. The van der Waals surface area contributed by atoms with E-state index in [1.807, 2.05) is 6.07 Å². The maximum absolute atomic E-state index is 13.1. The summed E-state index contributed by atoms with van der Waals surface area (Å²) in [5.41, 5.74) is 2.43. The van der Waals surface area contributed by atoms with E-state index in [-0.39, 0.29) is 0 Å². The molecule has 96 valence electrons. The monoisotopic (exact) mass is 265 g/mol. The number of rotatable bonds is 2. The molecule has 0 aliphatic heterocycles. The molecule has 2 heterocycles. The van der Waals surface area contributed by atoms with E-state index in [0.29, 0.717) is 22.6 Å². The van der Waals surface area contributed by atoms with Crippen molar-refractivity contribution in [3.63, 3.8) is 0 Å². The minimum absolute atomic E-state index is 0.426. The van der Waals surface area contributed by atoms with Crippen molar-refractivity contribution >= 4 is 0 Å². The minimum Gasteiger partial charge on any atom is -0.356 e. The van der Waals surface area contributed by atoms with Crippen LogP contribution in [0.2, 0.25) is 0 Å². The number of nitriles is 1. The number of hydrogen-bond acceptors (Lipinski definition) is 4. The number of halogens is 1. The summed E-state index contributed by atoms with van der Waals surface area (Å²) in [5.74, 6) is 0.124. The van der Waals surface area contributed by atoms with Gasteiger partial charge in [-0.25, -0.2) is 4.39 Å². The van der Waals surface area contributed by atoms with Crippen LogP contribution in [0, 0.1) is 17.1 Å². The van der Waals surface area contributed by atoms with Gasteiger partial charge in [-0.05, 0) is 30.3 Å². The molecular formula is C15H8FN3O. The van der Waals surface area contributed by atoms with E-state index in [1.165, 1.54) is 12.3 Å². The lowest BCUT2D eigenvalue weighted by Gasteiger charge is -1.94. The number of nitrogens with zero attached hydrogens (tertiary/aromatic N) is 3. The second-order valence-corrected chi connectivity index (χ2v) is 4.16. The molecule has 3 aromatic rings. The highest BCUT2D eigenvalue weighted by Crippen LogP contribution is 2.26. The first kappa shape index (κ1) is 12.1. The number of hydrogen-bond donors (Lipinski definition) is 0. The Kier molecular flexibility index (Phi) is 2.98. The smallest absolute Gasteiger partial charge is 0.167 e. The molecule has 5 heteroatoms. The number of aromatic nitrogens is 2. The van der Waals surface area contributed by atoms with Crippen LogP contribution in [-0.4, -0.2) is 10.1 Å². The minimum atomic E-state index is -0.426. The van der Waals surface area contributed by atoms with E-state index in [0.717, 1.165) is 11.8 Å². The molecule has 0 saturated carbocycles. The Bertz CT molecular complexity index is 787. The van der Waals surface area contributed by atoms with Crippen molar-refractivity contribution in [1.29, 1.82) is 5.26 Å². The first-order valence-corrected chi connectivity index (χ1v) is 5.84. The molecule has 20 heavy (non-hydrogen) atoms. The number of benzene rings is 1. The van der Waals surface area contributed by atoms with Crippen LogP contribution in [0.25, 0.3) is 22.6 Å². The van der Waals surface area contributed by atoms with E-state index in [9.17, 15) is 4.39 Å². The molecule has 0 spiro atoms. The van der Waals surface area contributed by atoms with Crippen molar-refractivity contribution in [2.24, 2.45) is 0 Å². The lowest BCUT2D eigenvalue weighted by molar-refractivity contribution is 0.435. The molecule has 0 radical (unpaired) electrons. The second kappa shape index (κ2) is 4.94. The highest BCUT2D eigenvalue weighted by molar-refractivity contribution is 5.66. The zero-order valence-electron chi connectivity index (χ0n) is 10.2. The zero-order chi connectivity index (χ0) is 13.9. The van der Waals surface area contributed by atoms with E-state index in [2.05, 4.69) is 10.1 Å². The summed E-state index contributed by atoms with van der Waals surface area (Å²) in [6.07, 6.45) is 2.65. The predicted molar refractivity (Wildman–Crippen MR) is 69.8 cm³/mol.